The van der Waals surface area contributed by atoms with Crippen LogP contribution in [0.1, 0.15) is 25.3 Å². The molecule has 1 aromatic rings. The van der Waals surface area contributed by atoms with E-state index in [-0.39, 0.29) is 0 Å². The van der Waals surface area contributed by atoms with Gasteiger partial charge in [-0.05, 0) is 37.1 Å². The summed E-state index contributed by atoms with van der Waals surface area (Å²) in [6.45, 7) is 4.95. The number of halogens is 1. The van der Waals surface area contributed by atoms with Gasteiger partial charge in [0.25, 0.3) is 0 Å². The summed E-state index contributed by atoms with van der Waals surface area (Å²) in [5.41, 5.74) is 4.71. The Labute approximate surface area is 111 Å². The van der Waals surface area contributed by atoms with E-state index >= 15 is 0 Å². The van der Waals surface area contributed by atoms with E-state index in [4.69, 9.17) is 5.84 Å². The van der Waals surface area contributed by atoms with Crippen LogP contribution in [0.3, 0.4) is 0 Å². The summed E-state index contributed by atoms with van der Waals surface area (Å²) in [7, 11) is 0. The Balaban J connectivity index is 2.67. The van der Waals surface area contributed by atoms with E-state index in [1.807, 2.05) is 25.1 Å². The molecule has 0 radical (unpaired) electrons. The number of nitrogens with two attached hydrogens (primary N) is 1. The van der Waals surface area contributed by atoms with Gasteiger partial charge in [0.2, 0.25) is 5.96 Å². The minimum atomic E-state index is 0.597. The topological polar surface area (TPSA) is 62.4 Å². The summed E-state index contributed by atoms with van der Waals surface area (Å²) >= 11 is 3.47. The Morgan fingerprint density at radius 3 is 2.82 bits per heavy atom. The van der Waals surface area contributed by atoms with E-state index in [0.717, 1.165) is 29.5 Å². The van der Waals surface area contributed by atoms with Gasteiger partial charge in [-0.3, -0.25) is 10.4 Å². The molecule has 0 unspecified atom stereocenters. The molecule has 1 rings (SSSR count). The molecule has 0 saturated heterocycles. The third kappa shape index (κ3) is 4.75. The van der Waals surface area contributed by atoms with Crippen molar-refractivity contribution in [3.63, 3.8) is 0 Å². The Hall–Kier alpha value is -1.07. The zero-order chi connectivity index (χ0) is 12.7. The van der Waals surface area contributed by atoms with Crippen LogP contribution in [0, 0.1) is 6.92 Å². The molecule has 0 amide bonds. The molecule has 0 atom stereocenters. The lowest BCUT2D eigenvalue weighted by atomic mass is 10.2. The fourth-order valence-electron chi connectivity index (χ4n) is 1.33. The van der Waals surface area contributed by atoms with Gasteiger partial charge in [-0.1, -0.05) is 29.3 Å². The Morgan fingerprint density at radius 1 is 1.47 bits per heavy atom. The van der Waals surface area contributed by atoms with Gasteiger partial charge in [0.05, 0.1) is 0 Å². The molecule has 94 valence electrons. The molecule has 5 heteroatoms. The van der Waals surface area contributed by atoms with E-state index in [1.165, 1.54) is 5.56 Å². The molecule has 0 aliphatic rings. The highest BCUT2D eigenvalue weighted by molar-refractivity contribution is 9.10. The third-order valence-corrected chi connectivity index (χ3v) is 3.23. The number of benzene rings is 1. The lowest BCUT2D eigenvalue weighted by Crippen LogP contribution is -2.36. The van der Waals surface area contributed by atoms with Crippen molar-refractivity contribution < 1.29 is 0 Å². The van der Waals surface area contributed by atoms with E-state index in [9.17, 15) is 0 Å². The molecule has 0 bridgehead atoms. The van der Waals surface area contributed by atoms with Crippen LogP contribution in [-0.4, -0.2) is 12.5 Å². The van der Waals surface area contributed by atoms with Crippen molar-refractivity contribution in [1.82, 2.24) is 5.43 Å². The van der Waals surface area contributed by atoms with Crippen molar-refractivity contribution in [3.8, 4) is 0 Å². The number of nitrogens with one attached hydrogen (secondary N) is 2. The summed E-state index contributed by atoms with van der Waals surface area (Å²) in [6.07, 6.45) is 2.19. The number of hydrazine groups is 1. The summed E-state index contributed by atoms with van der Waals surface area (Å²) < 4.78 is 1.09. The molecular weight excluding hydrogens is 280 g/mol. The van der Waals surface area contributed by atoms with Crippen LogP contribution in [0.4, 0.5) is 5.69 Å². The van der Waals surface area contributed by atoms with Gasteiger partial charge in [-0.2, -0.15) is 0 Å². The monoisotopic (exact) mass is 298 g/mol. The number of rotatable bonds is 4. The molecule has 0 spiro atoms. The average molecular weight is 299 g/mol. The second-order valence-corrected chi connectivity index (χ2v) is 4.67. The van der Waals surface area contributed by atoms with Gasteiger partial charge in [-0.25, -0.2) is 5.84 Å². The van der Waals surface area contributed by atoms with Crippen LogP contribution < -0.4 is 16.6 Å². The highest BCUT2D eigenvalue weighted by Crippen LogP contribution is 2.19. The van der Waals surface area contributed by atoms with Crippen molar-refractivity contribution in [3.05, 3.63) is 28.2 Å². The number of anilines is 1. The first kappa shape index (κ1) is 14.0. The number of aliphatic imine (C=N–C) groups is 1. The van der Waals surface area contributed by atoms with Gasteiger partial charge in [0.1, 0.15) is 0 Å². The lowest BCUT2D eigenvalue weighted by molar-refractivity contribution is 0.801. The smallest absolute Gasteiger partial charge is 0.210 e. The first-order valence-corrected chi connectivity index (χ1v) is 6.51. The zero-order valence-electron chi connectivity index (χ0n) is 10.3. The fourth-order valence-corrected chi connectivity index (χ4v) is 1.58. The van der Waals surface area contributed by atoms with Gasteiger partial charge >= 0.3 is 0 Å². The number of nitrogens with zero attached hydrogens (tertiary/aromatic N) is 1. The van der Waals surface area contributed by atoms with Crippen LogP contribution in [0.5, 0.6) is 0 Å². The molecule has 0 aliphatic carbocycles. The highest BCUT2D eigenvalue weighted by atomic mass is 79.9. The number of hydrogen-bond acceptors (Lipinski definition) is 2. The molecular formula is C12H19BrN4. The van der Waals surface area contributed by atoms with Gasteiger partial charge < -0.3 is 5.32 Å². The number of aryl methyl sites for hydroxylation is 1. The van der Waals surface area contributed by atoms with Crippen LogP contribution in [0.2, 0.25) is 0 Å². The van der Waals surface area contributed by atoms with Crippen molar-refractivity contribution in [1.29, 1.82) is 0 Å². The van der Waals surface area contributed by atoms with E-state index in [2.05, 4.69) is 38.6 Å². The van der Waals surface area contributed by atoms with E-state index in [0.29, 0.717) is 5.96 Å². The SMILES string of the molecule is CCCCN=C(NN)Nc1ccc(Br)c(C)c1. The average Bonchev–Trinajstić information content (AvgIpc) is 2.32. The normalized spacial score (nSPS) is 11.4. The number of hydrogen-bond donors (Lipinski definition) is 3. The Kier molecular flexibility index (Phi) is 6.00. The summed E-state index contributed by atoms with van der Waals surface area (Å²) in [5, 5.41) is 3.15. The standard InChI is InChI=1S/C12H19BrN4/c1-3-4-7-15-12(17-14)16-10-5-6-11(13)9(2)8-10/h5-6,8H,3-4,7,14H2,1-2H3,(H2,15,16,17). The first-order valence-electron chi connectivity index (χ1n) is 5.71. The Morgan fingerprint density at radius 2 is 2.24 bits per heavy atom. The number of unbranched alkanes of at least 4 members (excludes halogenated alkanes) is 1. The second kappa shape index (κ2) is 7.29. The molecule has 4 nitrogen and oxygen atoms in total. The first-order chi connectivity index (χ1) is 8.17. The van der Waals surface area contributed by atoms with Crippen LogP contribution in [-0.2, 0) is 0 Å². The predicted octanol–water partition coefficient (Wildman–Crippen LogP) is 2.79. The van der Waals surface area contributed by atoms with Crippen LogP contribution >= 0.6 is 15.9 Å². The van der Waals surface area contributed by atoms with Crippen LogP contribution in [0.15, 0.2) is 27.7 Å². The van der Waals surface area contributed by atoms with E-state index < -0.39 is 0 Å². The highest BCUT2D eigenvalue weighted by Gasteiger charge is 2.00. The maximum Gasteiger partial charge on any atom is 0.210 e. The second-order valence-electron chi connectivity index (χ2n) is 3.82. The largest absolute Gasteiger partial charge is 0.325 e. The zero-order valence-corrected chi connectivity index (χ0v) is 11.8. The van der Waals surface area contributed by atoms with E-state index in [1.54, 1.807) is 0 Å². The molecule has 1 aromatic carbocycles. The fraction of sp³-hybridized carbons (Fsp3) is 0.417. The molecule has 0 saturated carbocycles. The molecule has 4 N–H and O–H groups in total. The van der Waals surface area contributed by atoms with Crippen LogP contribution in [0.25, 0.3) is 0 Å². The Bertz CT molecular complexity index is 390. The molecule has 17 heavy (non-hydrogen) atoms. The number of guanidine groups is 1. The van der Waals surface area contributed by atoms with Crippen molar-refractivity contribution >= 4 is 27.6 Å². The van der Waals surface area contributed by atoms with Crippen molar-refractivity contribution in [2.24, 2.45) is 10.8 Å². The maximum atomic E-state index is 5.42. The summed E-state index contributed by atoms with van der Waals surface area (Å²) in [6, 6.07) is 6.01. The molecule has 0 aliphatic heterocycles. The quantitative estimate of drug-likeness (QED) is 0.263. The molecule has 0 heterocycles. The summed E-state index contributed by atoms with van der Waals surface area (Å²) in [5.74, 6) is 6.02. The predicted molar refractivity (Wildman–Crippen MR) is 77.0 cm³/mol. The molecule has 0 fully saturated rings. The van der Waals surface area contributed by atoms with Gasteiger partial charge in [0, 0.05) is 16.7 Å². The minimum Gasteiger partial charge on any atom is -0.325 e. The van der Waals surface area contributed by atoms with Gasteiger partial charge in [0.15, 0.2) is 0 Å². The summed E-state index contributed by atoms with van der Waals surface area (Å²) in [4.78, 5) is 4.34. The third-order valence-electron chi connectivity index (χ3n) is 2.34. The lowest BCUT2D eigenvalue weighted by Gasteiger charge is -2.10. The van der Waals surface area contributed by atoms with Crippen molar-refractivity contribution in [2.75, 3.05) is 11.9 Å². The minimum absolute atomic E-state index is 0.597. The van der Waals surface area contributed by atoms with Gasteiger partial charge in [-0.15, -0.1) is 0 Å². The van der Waals surface area contributed by atoms with Crippen molar-refractivity contribution in [2.45, 2.75) is 26.7 Å². The molecule has 0 aromatic heterocycles. The maximum absolute atomic E-state index is 5.42.